The second kappa shape index (κ2) is 7.96. The Morgan fingerprint density at radius 2 is 1.97 bits per heavy atom. The van der Waals surface area contributed by atoms with E-state index in [-0.39, 0.29) is 18.4 Å². The fourth-order valence-corrected chi connectivity index (χ4v) is 4.72. The number of nitrogens with zero attached hydrogens (tertiary/aromatic N) is 3. The number of benzene rings is 2. The summed E-state index contributed by atoms with van der Waals surface area (Å²) in [5.74, 6) is -0.0674. The van der Waals surface area contributed by atoms with Crippen LogP contribution in [0.2, 0.25) is 0 Å². The first-order chi connectivity index (χ1) is 13.9. The first-order valence-electron chi connectivity index (χ1n) is 9.66. The number of carbonyl (C=O) groups is 1. The van der Waals surface area contributed by atoms with Crippen LogP contribution in [0.3, 0.4) is 0 Å². The van der Waals surface area contributed by atoms with Gasteiger partial charge in [-0.1, -0.05) is 42.5 Å². The van der Waals surface area contributed by atoms with E-state index in [0.717, 1.165) is 5.56 Å². The fourth-order valence-electron chi connectivity index (χ4n) is 3.81. The molecular weight excluding hydrogens is 388 g/mol. The van der Waals surface area contributed by atoms with Crippen molar-refractivity contribution in [1.82, 2.24) is 14.1 Å². The van der Waals surface area contributed by atoms with Gasteiger partial charge in [0.1, 0.15) is 0 Å². The van der Waals surface area contributed by atoms with Crippen LogP contribution in [0.5, 0.6) is 0 Å². The predicted octanol–water partition coefficient (Wildman–Crippen LogP) is 2.69. The van der Waals surface area contributed by atoms with Gasteiger partial charge in [0.15, 0.2) is 5.82 Å². The van der Waals surface area contributed by atoms with Gasteiger partial charge in [-0.15, -0.1) is 0 Å². The van der Waals surface area contributed by atoms with E-state index in [1.54, 1.807) is 10.7 Å². The average molecular weight is 413 g/mol. The van der Waals surface area contributed by atoms with E-state index < -0.39 is 10.0 Å². The molecule has 0 bridgehead atoms. The van der Waals surface area contributed by atoms with Crippen molar-refractivity contribution >= 4 is 32.5 Å². The lowest BCUT2D eigenvalue weighted by Gasteiger charge is -2.29. The normalized spacial score (nSPS) is 18.0. The molecule has 4 rings (SSSR count). The van der Waals surface area contributed by atoms with Crippen molar-refractivity contribution in [2.24, 2.45) is 5.92 Å². The van der Waals surface area contributed by atoms with Gasteiger partial charge in [-0.2, -0.15) is 5.10 Å². The molecule has 0 unspecified atom stereocenters. The summed E-state index contributed by atoms with van der Waals surface area (Å²) in [5.41, 5.74) is 1.15. The Morgan fingerprint density at radius 1 is 1.17 bits per heavy atom. The lowest BCUT2D eigenvalue weighted by Crippen LogP contribution is -2.43. The third kappa shape index (κ3) is 4.49. The predicted molar refractivity (Wildman–Crippen MR) is 113 cm³/mol. The Hall–Kier alpha value is -2.71. The summed E-state index contributed by atoms with van der Waals surface area (Å²) < 4.78 is 26.7. The molecule has 1 aliphatic heterocycles. The maximum absolute atomic E-state index is 12.6. The molecule has 7 nitrogen and oxygen atoms in total. The molecule has 3 aromatic rings. The third-order valence-electron chi connectivity index (χ3n) is 5.33. The molecule has 1 atom stereocenters. The molecule has 29 heavy (non-hydrogen) atoms. The highest BCUT2D eigenvalue weighted by atomic mass is 32.2. The van der Waals surface area contributed by atoms with Crippen molar-refractivity contribution in [2.75, 3.05) is 24.7 Å². The number of rotatable bonds is 5. The number of anilines is 1. The first-order valence-corrected chi connectivity index (χ1v) is 11.5. The summed E-state index contributed by atoms with van der Waals surface area (Å²) in [5, 5.41) is 9.66. The zero-order valence-corrected chi connectivity index (χ0v) is 17.1. The number of hydrogen-bond donors (Lipinski definition) is 1. The van der Waals surface area contributed by atoms with Gasteiger partial charge in [-0.25, -0.2) is 12.7 Å². The van der Waals surface area contributed by atoms with Crippen LogP contribution in [-0.4, -0.2) is 47.8 Å². The van der Waals surface area contributed by atoms with Crippen molar-refractivity contribution in [2.45, 2.75) is 19.4 Å². The molecule has 1 aliphatic rings. The monoisotopic (exact) mass is 412 g/mol. The Labute approximate surface area is 170 Å². The minimum absolute atomic E-state index is 0.186. The minimum atomic E-state index is -3.28. The summed E-state index contributed by atoms with van der Waals surface area (Å²) in [6.07, 6.45) is 4.37. The van der Waals surface area contributed by atoms with Gasteiger partial charge >= 0.3 is 0 Å². The number of amides is 1. The standard InChI is InChI=1S/C21H24N4O3S/c1-29(27,28)25-12-5-9-18(15-25)21(26)22-20-11-13-24(23-20)14-17-8-4-7-16-6-2-3-10-19(16)17/h2-4,6-8,10-11,13,18H,5,9,12,14-15H2,1H3,(H,22,23,26)/t18-/m0/s1. The summed E-state index contributed by atoms with van der Waals surface area (Å²) in [6.45, 7) is 1.30. The van der Waals surface area contributed by atoms with E-state index in [1.165, 1.54) is 21.3 Å². The molecule has 0 spiro atoms. The summed E-state index contributed by atoms with van der Waals surface area (Å²) in [4.78, 5) is 12.6. The van der Waals surface area contributed by atoms with Crippen LogP contribution in [0, 0.1) is 5.92 Å². The minimum Gasteiger partial charge on any atom is -0.309 e. The SMILES string of the molecule is CS(=O)(=O)N1CCC[C@H](C(=O)Nc2ccn(Cc3cccc4ccccc34)n2)C1. The van der Waals surface area contributed by atoms with Gasteiger partial charge in [0.25, 0.3) is 0 Å². The van der Waals surface area contributed by atoms with E-state index in [0.29, 0.717) is 31.7 Å². The number of piperidine rings is 1. The van der Waals surface area contributed by atoms with Crippen molar-refractivity contribution in [3.63, 3.8) is 0 Å². The molecule has 2 aromatic carbocycles. The third-order valence-corrected chi connectivity index (χ3v) is 6.60. The summed E-state index contributed by atoms with van der Waals surface area (Å²) in [6, 6.07) is 16.2. The molecule has 0 aliphatic carbocycles. The molecule has 1 fully saturated rings. The molecule has 2 heterocycles. The van der Waals surface area contributed by atoms with Gasteiger partial charge in [-0.3, -0.25) is 9.48 Å². The molecule has 0 saturated carbocycles. The zero-order valence-electron chi connectivity index (χ0n) is 16.3. The summed E-state index contributed by atoms with van der Waals surface area (Å²) in [7, 11) is -3.28. The number of sulfonamides is 1. The number of hydrogen-bond acceptors (Lipinski definition) is 4. The van der Waals surface area contributed by atoms with Crippen LogP contribution in [0.4, 0.5) is 5.82 Å². The molecule has 1 N–H and O–H groups in total. The molecule has 1 saturated heterocycles. The van der Waals surface area contributed by atoms with Crippen molar-refractivity contribution in [3.8, 4) is 0 Å². The van der Waals surface area contributed by atoms with Crippen LogP contribution in [0.15, 0.2) is 54.7 Å². The second-order valence-electron chi connectivity index (χ2n) is 7.49. The van der Waals surface area contributed by atoms with Crippen LogP contribution in [-0.2, 0) is 21.4 Å². The summed E-state index contributed by atoms with van der Waals surface area (Å²) >= 11 is 0. The molecule has 152 valence electrons. The maximum atomic E-state index is 12.6. The number of nitrogens with one attached hydrogen (secondary N) is 1. The number of carbonyl (C=O) groups excluding carboxylic acids is 1. The zero-order chi connectivity index (χ0) is 20.4. The smallest absolute Gasteiger partial charge is 0.230 e. The highest BCUT2D eigenvalue weighted by Crippen LogP contribution is 2.21. The Morgan fingerprint density at radius 3 is 2.79 bits per heavy atom. The number of fused-ring (bicyclic) bond motifs is 1. The van der Waals surface area contributed by atoms with Crippen LogP contribution < -0.4 is 5.32 Å². The second-order valence-corrected chi connectivity index (χ2v) is 9.47. The maximum Gasteiger partial charge on any atom is 0.230 e. The van der Waals surface area contributed by atoms with Gasteiger partial charge in [0.2, 0.25) is 15.9 Å². The molecule has 1 amide bonds. The van der Waals surface area contributed by atoms with Gasteiger partial charge in [0, 0.05) is 25.4 Å². The van der Waals surface area contributed by atoms with E-state index in [2.05, 4.69) is 34.7 Å². The molecule has 1 aromatic heterocycles. The Kier molecular flexibility index (Phi) is 5.38. The van der Waals surface area contributed by atoms with Gasteiger partial charge in [0.05, 0.1) is 18.7 Å². The first kappa shape index (κ1) is 19.6. The highest BCUT2D eigenvalue weighted by Gasteiger charge is 2.30. The average Bonchev–Trinajstić information content (AvgIpc) is 3.14. The van der Waals surface area contributed by atoms with Crippen LogP contribution >= 0.6 is 0 Å². The highest BCUT2D eigenvalue weighted by molar-refractivity contribution is 7.88. The number of aromatic nitrogens is 2. The Balaban J connectivity index is 1.43. The van der Waals surface area contributed by atoms with Gasteiger partial charge < -0.3 is 5.32 Å². The quantitative estimate of drug-likeness (QED) is 0.698. The lowest BCUT2D eigenvalue weighted by molar-refractivity contribution is -0.120. The van der Waals surface area contributed by atoms with E-state index in [4.69, 9.17) is 0 Å². The van der Waals surface area contributed by atoms with E-state index in [1.807, 2.05) is 24.4 Å². The van der Waals surface area contributed by atoms with Crippen molar-refractivity contribution in [1.29, 1.82) is 0 Å². The lowest BCUT2D eigenvalue weighted by atomic mass is 9.99. The molecular formula is C21H24N4O3S. The van der Waals surface area contributed by atoms with Gasteiger partial charge in [-0.05, 0) is 29.2 Å². The fraction of sp³-hybridized carbons (Fsp3) is 0.333. The van der Waals surface area contributed by atoms with E-state index in [9.17, 15) is 13.2 Å². The molecule has 0 radical (unpaired) electrons. The van der Waals surface area contributed by atoms with Crippen LogP contribution in [0.25, 0.3) is 10.8 Å². The Bertz CT molecular complexity index is 1130. The van der Waals surface area contributed by atoms with Crippen molar-refractivity contribution < 1.29 is 13.2 Å². The van der Waals surface area contributed by atoms with E-state index >= 15 is 0 Å². The largest absolute Gasteiger partial charge is 0.309 e. The van der Waals surface area contributed by atoms with Crippen molar-refractivity contribution in [3.05, 3.63) is 60.3 Å². The molecule has 8 heteroatoms. The topological polar surface area (TPSA) is 84.3 Å². The van der Waals surface area contributed by atoms with Crippen LogP contribution in [0.1, 0.15) is 18.4 Å².